The Balaban J connectivity index is 1.66. The van der Waals surface area contributed by atoms with Crippen LogP contribution in [0.4, 0.5) is 11.4 Å². The van der Waals surface area contributed by atoms with Crippen molar-refractivity contribution in [1.82, 2.24) is 0 Å². The van der Waals surface area contributed by atoms with E-state index in [0.29, 0.717) is 17.6 Å². The standard InChI is InChI=1S/C23H18N2O2/c1-25(2)18-8-7-14-9-17-11-19(23(26)27-22(17)13-16(14)10-18)21-12-15-5-3-4-6-20(15)24-21/h3-11,13H,12H2,1-2H3. The second-order valence-corrected chi connectivity index (χ2v) is 7.13. The molecule has 1 aromatic heterocycles. The third-order valence-corrected chi connectivity index (χ3v) is 5.11. The Labute approximate surface area is 156 Å². The van der Waals surface area contributed by atoms with Crippen LogP contribution in [0.25, 0.3) is 21.7 Å². The number of nitrogens with zero attached hydrogens (tertiary/aromatic N) is 2. The molecule has 3 aromatic carbocycles. The van der Waals surface area contributed by atoms with Gasteiger partial charge in [0.1, 0.15) is 5.58 Å². The number of hydrogen-bond acceptors (Lipinski definition) is 4. The zero-order valence-electron chi connectivity index (χ0n) is 15.2. The molecule has 1 aliphatic heterocycles. The highest BCUT2D eigenvalue weighted by Crippen LogP contribution is 2.30. The predicted molar refractivity (Wildman–Crippen MR) is 111 cm³/mol. The van der Waals surface area contributed by atoms with E-state index in [1.807, 2.05) is 50.5 Å². The number of fused-ring (bicyclic) bond motifs is 3. The van der Waals surface area contributed by atoms with E-state index < -0.39 is 0 Å². The molecule has 27 heavy (non-hydrogen) atoms. The molecule has 0 fully saturated rings. The van der Waals surface area contributed by atoms with E-state index in [9.17, 15) is 4.79 Å². The van der Waals surface area contributed by atoms with Crippen LogP contribution >= 0.6 is 0 Å². The molecule has 1 aliphatic rings. The molecule has 0 N–H and O–H groups in total. The van der Waals surface area contributed by atoms with Crippen molar-refractivity contribution < 1.29 is 4.42 Å². The summed E-state index contributed by atoms with van der Waals surface area (Å²) in [6.45, 7) is 0. The molecule has 0 unspecified atom stereocenters. The zero-order chi connectivity index (χ0) is 18.5. The lowest BCUT2D eigenvalue weighted by Crippen LogP contribution is -2.14. The van der Waals surface area contributed by atoms with Gasteiger partial charge in [-0.2, -0.15) is 0 Å². The van der Waals surface area contributed by atoms with Gasteiger partial charge in [0.15, 0.2) is 0 Å². The molecule has 0 saturated carbocycles. The van der Waals surface area contributed by atoms with Crippen molar-refractivity contribution in [3.8, 4) is 0 Å². The molecule has 0 amide bonds. The Bertz CT molecular complexity index is 1300. The van der Waals surface area contributed by atoms with Crippen LogP contribution in [0.15, 0.2) is 74.9 Å². The normalized spacial score (nSPS) is 13.0. The maximum Gasteiger partial charge on any atom is 0.345 e. The molecule has 0 atom stereocenters. The molecule has 0 spiro atoms. The van der Waals surface area contributed by atoms with Gasteiger partial charge in [-0.25, -0.2) is 4.79 Å². The van der Waals surface area contributed by atoms with E-state index in [1.165, 1.54) is 0 Å². The summed E-state index contributed by atoms with van der Waals surface area (Å²) in [7, 11) is 4.02. The molecular formula is C23H18N2O2. The van der Waals surface area contributed by atoms with Gasteiger partial charge in [-0.05, 0) is 52.7 Å². The van der Waals surface area contributed by atoms with E-state index in [4.69, 9.17) is 4.42 Å². The molecule has 0 aliphatic carbocycles. The number of hydrogen-bond donors (Lipinski definition) is 0. The highest BCUT2D eigenvalue weighted by molar-refractivity contribution is 6.08. The number of aliphatic imine (C=N–C) groups is 1. The molecule has 4 aromatic rings. The zero-order valence-corrected chi connectivity index (χ0v) is 15.2. The van der Waals surface area contributed by atoms with Crippen molar-refractivity contribution >= 4 is 38.8 Å². The van der Waals surface area contributed by atoms with Gasteiger partial charge in [0, 0.05) is 31.6 Å². The molecular weight excluding hydrogens is 336 g/mol. The van der Waals surface area contributed by atoms with Gasteiger partial charge < -0.3 is 9.32 Å². The van der Waals surface area contributed by atoms with Crippen LogP contribution < -0.4 is 10.5 Å². The molecule has 5 rings (SSSR count). The van der Waals surface area contributed by atoms with E-state index in [1.54, 1.807) is 0 Å². The second-order valence-electron chi connectivity index (χ2n) is 7.13. The third-order valence-electron chi connectivity index (χ3n) is 5.11. The first kappa shape index (κ1) is 15.8. The summed E-state index contributed by atoms with van der Waals surface area (Å²) in [5, 5.41) is 3.08. The van der Waals surface area contributed by atoms with Crippen LogP contribution in [0.3, 0.4) is 0 Å². The number of para-hydroxylation sites is 1. The Kier molecular flexibility index (Phi) is 3.41. The Morgan fingerprint density at radius 3 is 2.59 bits per heavy atom. The van der Waals surface area contributed by atoms with Crippen molar-refractivity contribution in [2.75, 3.05) is 19.0 Å². The number of rotatable bonds is 2. The summed E-state index contributed by atoms with van der Waals surface area (Å²) in [6.07, 6.45) is 0.659. The van der Waals surface area contributed by atoms with Crippen molar-refractivity contribution in [3.05, 3.63) is 82.2 Å². The van der Waals surface area contributed by atoms with Crippen molar-refractivity contribution in [2.45, 2.75) is 6.42 Å². The maximum absolute atomic E-state index is 12.6. The SMILES string of the molecule is CN(C)c1ccc2cc3cc(C4=Nc5ccccc5C4)c(=O)oc3cc2c1. The van der Waals surface area contributed by atoms with Crippen LogP contribution in [0.5, 0.6) is 0 Å². The van der Waals surface area contributed by atoms with Gasteiger partial charge in [0.25, 0.3) is 0 Å². The highest BCUT2D eigenvalue weighted by Gasteiger charge is 2.19. The molecule has 4 nitrogen and oxygen atoms in total. The molecule has 0 bridgehead atoms. The lowest BCUT2D eigenvalue weighted by atomic mass is 10.0. The first-order chi connectivity index (χ1) is 13.1. The second kappa shape index (κ2) is 5.81. The third kappa shape index (κ3) is 2.61. The lowest BCUT2D eigenvalue weighted by Gasteiger charge is -2.13. The van der Waals surface area contributed by atoms with Gasteiger partial charge >= 0.3 is 5.63 Å². The summed E-state index contributed by atoms with van der Waals surface area (Å²) in [5.41, 5.74) is 4.76. The molecule has 132 valence electrons. The van der Waals surface area contributed by atoms with Crippen molar-refractivity contribution in [3.63, 3.8) is 0 Å². The van der Waals surface area contributed by atoms with E-state index in [2.05, 4.69) is 34.2 Å². The smallest absolute Gasteiger partial charge is 0.345 e. The van der Waals surface area contributed by atoms with Gasteiger partial charge in [-0.3, -0.25) is 4.99 Å². The Hall–Kier alpha value is -3.40. The first-order valence-electron chi connectivity index (χ1n) is 8.93. The first-order valence-corrected chi connectivity index (χ1v) is 8.93. The Morgan fingerprint density at radius 2 is 1.78 bits per heavy atom. The lowest BCUT2D eigenvalue weighted by molar-refractivity contribution is 0.559. The molecule has 2 heterocycles. The number of benzene rings is 3. The van der Waals surface area contributed by atoms with Gasteiger partial charge in [0.2, 0.25) is 0 Å². The fraction of sp³-hybridized carbons (Fsp3) is 0.130. The van der Waals surface area contributed by atoms with E-state index in [-0.39, 0.29) is 5.63 Å². The quantitative estimate of drug-likeness (QED) is 0.387. The van der Waals surface area contributed by atoms with E-state index in [0.717, 1.165) is 38.8 Å². The largest absolute Gasteiger partial charge is 0.422 e. The van der Waals surface area contributed by atoms with Gasteiger partial charge in [0.05, 0.1) is 17.0 Å². The monoisotopic (exact) mass is 354 g/mol. The Morgan fingerprint density at radius 1 is 0.926 bits per heavy atom. The van der Waals surface area contributed by atoms with E-state index >= 15 is 0 Å². The topological polar surface area (TPSA) is 45.8 Å². The fourth-order valence-electron chi connectivity index (χ4n) is 3.62. The van der Waals surface area contributed by atoms with Crippen LogP contribution in [-0.2, 0) is 6.42 Å². The number of anilines is 1. The van der Waals surface area contributed by atoms with Gasteiger partial charge in [-0.1, -0.05) is 24.3 Å². The summed E-state index contributed by atoms with van der Waals surface area (Å²) in [4.78, 5) is 19.3. The highest BCUT2D eigenvalue weighted by atomic mass is 16.4. The minimum Gasteiger partial charge on any atom is -0.422 e. The molecule has 0 saturated heterocycles. The van der Waals surface area contributed by atoms with Crippen LogP contribution in [-0.4, -0.2) is 19.8 Å². The minimum atomic E-state index is -0.336. The maximum atomic E-state index is 12.6. The van der Waals surface area contributed by atoms with Crippen molar-refractivity contribution in [1.29, 1.82) is 0 Å². The summed E-state index contributed by atoms with van der Waals surface area (Å²) in [5.74, 6) is 0. The van der Waals surface area contributed by atoms with Crippen LogP contribution in [0.2, 0.25) is 0 Å². The van der Waals surface area contributed by atoms with Crippen molar-refractivity contribution in [2.24, 2.45) is 4.99 Å². The average molecular weight is 354 g/mol. The van der Waals surface area contributed by atoms with Gasteiger partial charge in [-0.15, -0.1) is 0 Å². The molecule has 4 heteroatoms. The predicted octanol–water partition coefficient (Wildman–Crippen LogP) is 4.69. The fourth-order valence-corrected chi connectivity index (χ4v) is 3.62. The minimum absolute atomic E-state index is 0.336. The van der Waals surface area contributed by atoms with Crippen LogP contribution in [0, 0.1) is 0 Å². The van der Waals surface area contributed by atoms with Crippen LogP contribution in [0.1, 0.15) is 11.1 Å². The summed E-state index contributed by atoms with van der Waals surface area (Å²) >= 11 is 0. The average Bonchev–Trinajstić information content (AvgIpc) is 3.09. The summed E-state index contributed by atoms with van der Waals surface area (Å²) < 4.78 is 5.66. The molecule has 0 radical (unpaired) electrons. The summed E-state index contributed by atoms with van der Waals surface area (Å²) in [6, 6.07) is 20.2.